The second kappa shape index (κ2) is 6.89. The highest BCUT2D eigenvalue weighted by Crippen LogP contribution is 2.38. The molecule has 10 heteroatoms. The molecule has 3 aromatic rings. The quantitative estimate of drug-likeness (QED) is 0.666. The molecule has 1 saturated heterocycles. The molecule has 7 nitrogen and oxygen atoms in total. The number of nitrogens with zero attached hydrogens (tertiary/aromatic N) is 3. The number of phenols is 1. The van der Waals surface area contributed by atoms with Gasteiger partial charge in [-0.25, -0.2) is 9.67 Å². The highest BCUT2D eigenvalue weighted by Gasteiger charge is 2.32. The SMILES string of the molecule is Cc1cc(C(F)(F)F)cc(O)c1-c1ccc2c(=O)n(C3CCC(=O)N(C)C3)[nH]c2n1. The van der Waals surface area contributed by atoms with Gasteiger partial charge in [0.2, 0.25) is 5.91 Å². The average molecular weight is 420 g/mol. The fourth-order valence-electron chi connectivity index (χ4n) is 3.87. The van der Waals surface area contributed by atoms with Crippen LogP contribution in [0.4, 0.5) is 13.2 Å². The van der Waals surface area contributed by atoms with Crippen LogP contribution in [-0.4, -0.2) is 44.3 Å². The van der Waals surface area contributed by atoms with Crippen LogP contribution in [0, 0.1) is 6.92 Å². The van der Waals surface area contributed by atoms with Gasteiger partial charge in [-0.2, -0.15) is 13.2 Å². The number of piperidine rings is 1. The van der Waals surface area contributed by atoms with Gasteiger partial charge in [0.25, 0.3) is 5.56 Å². The number of phenolic OH excluding ortho intramolecular Hbond substituents is 1. The molecule has 2 N–H and O–H groups in total. The second-order valence-corrected chi connectivity index (χ2v) is 7.53. The Kier molecular flexibility index (Phi) is 4.59. The molecule has 0 spiro atoms. The zero-order valence-electron chi connectivity index (χ0n) is 16.2. The predicted molar refractivity (Wildman–Crippen MR) is 103 cm³/mol. The van der Waals surface area contributed by atoms with Crippen molar-refractivity contribution in [1.29, 1.82) is 0 Å². The van der Waals surface area contributed by atoms with Crippen LogP contribution in [-0.2, 0) is 11.0 Å². The number of halogens is 3. The molecule has 1 atom stereocenters. The molecule has 0 aliphatic carbocycles. The molecule has 2 aromatic heterocycles. The molecule has 0 radical (unpaired) electrons. The summed E-state index contributed by atoms with van der Waals surface area (Å²) in [5.41, 5.74) is -0.348. The van der Waals surface area contributed by atoms with Crippen LogP contribution in [0.1, 0.15) is 30.0 Å². The van der Waals surface area contributed by atoms with E-state index in [9.17, 15) is 27.9 Å². The Balaban J connectivity index is 1.77. The first-order valence-electron chi connectivity index (χ1n) is 9.32. The molecular formula is C20H19F3N4O3. The second-order valence-electron chi connectivity index (χ2n) is 7.53. The van der Waals surface area contributed by atoms with E-state index in [4.69, 9.17) is 0 Å². The van der Waals surface area contributed by atoms with Crippen molar-refractivity contribution in [1.82, 2.24) is 19.7 Å². The number of aryl methyl sites for hydroxylation is 1. The van der Waals surface area contributed by atoms with E-state index < -0.39 is 17.5 Å². The molecule has 1 amide bonds. The van der Waals surface area contributed by atoms with Gasteiger partial charge in [-0.1, -0.05) is 0 Å². The Morgan fingerprint density at radius 2 is 1.97 bits per heavy atom. The van der Waals surface area contributed by atoms with Crippen molar-refractivity contribution >= 4 is 16.9 Å². The van der Waals surface area contributed by atoms with Gasteiger partial charge < -0.3 is 10.0 Å². The van der Waals surface area contributed by atoms with Crippen LogP contribution >= 0.6 is 0 Å². The summed E-state index contributed by atoms with van der Waals surface area (Å²) in [5, 5.41) is 13.5. The largest absolute Gasteiger partial charge is 0.507 e. The molecule has 1 aliphatic heterocycles. The number of carbonyl (C=O) groups excluding carboxylic acids is 1. The molecule has 1 aromatic carbocycles. The van der Waals surface area contributed by atoms with E-state index in [0.717, 1.165) is 6.07 Å². The minimum Gasteiger partial charge on any atom is -0.507 e. The first kappa shape index (κ1) is 20.0. The minimum atomic E-state index is -4.57. The number of amides is 1. The number of alkyl halides is 3. The van der Waals surface area contributed by atoms with Gasteiger partial charge in [0.05, 0.1) is 22.7 Å². The number of carbonyl (C=O) groups is 1. The van der Waals surface area contributed by atoms with E-state index in [0.29, 0.717) is 30.8 Å². The monoisotopic (exact) mass is 420 g/mol. The summed E-state index contributed by atoms with van der Waals surface area (Å²) in [4.78, 5) is 30.4. The summed E-state index contributed by atoms with van der Waals surface area (Å²) in [6, 6.07) is 4.41. The summed E-state index contributed by atoms with van der Waals surface area (Å²) < 4.78 is 40.4. The maximum absolute atomic E-state index is 13.0. The van der Waals surface area contributed by atoms with E-state index in [2.05, 4.69) is 10.1 Å². The first-order valence-corrected chi connectivity index (χ1v) is 9.32. The minimum absolute atomic E-state index is 0.0177. The summed E-state index contributed by atoms with van der Waals surface area (Å²) in [5.74, 6) is -0.521. The number of aromatic hydroxyl groups is 1. The van der Waals surface area contributed by atoms with Crippen LogP contribution in [0.5, 0.6) is 5.75 Å². The third-order valence-corrected chi connectivity index (χ3v) is 5.44. The number of fused-ring (bicyclic) bond motifs is 1. The lowest BCUT2D eigenvalue weighted by atomic mass is 10.00. The number of aromatic amines is 1. The van der Waals surface area contributed by atoms with E-state index >= 15 is 0 Å². The fraction of sp³-hybridized carbons (Fsp3) is 0.350. The summed E-state index contributed by atoms with van der Waals surface area (Å²) >= 11 is 0. The van der Waals surface area contributed by atoms with E-state index in [1.165, 1.54) is 23.7 Å². The highest BCUT2D eigenvalue weighted by molar-refractivity contribution is 5.80. The van der Waals surface area contributed by atoms with Crippen molar-refractivity contribution in [2.24, 2.45) is 0 Å². The third-order valence-electron chi connectivity index (χ3n) is 5.44. The van der Waals surface area contributed by atoms with Crippen LogP contribution in [0.15, 0.2) is 29.1 Å². The van der Waals surface area contributed by atoms with Gasteiger partial charge in [-0.05, 0) is 43.2 Å². The number of rotatable bonds is 2. The summed E-state index contributed by atoms with van der Waals surface area (Å²) in [7, 11) is 1.68. The van der Waals surface area contributed by atoms with Crippen molar-refractivity contribution < 1.29 is 23.1 Å². The number of benzene rings is 1. The van der Waals surface area contributed by atoms with Crippen LogP contribution < -0.4 is 5.56 Å². The number of likely N-dealkylation sites (tertiary alicyclic amines) is 1. The Labute approximate surface area is 168 Å². The smallest absolute Gasteiger partial charge is 0.416 e. The van der Waals surface area contributed by atoms with Gasteiger partial charge in [0.1, 0.15) is 5.75 Å². The molecule has 0 saturated carbocycles. The lowest BCUT2D eigenvalue weighted by Crippen LogP contribution is -2.40. The lowest BCUT2D eigenvalue weighted by Gasteiger charge is -2.29. The average Bonchev–Trinajstić information content (AvgIpc) is 2.99. The van der Waals surface area contributed by atoms with Crippen molar-refractivity contribution in [3.05, 3.63) is 45.7 Å². The number of hydrogen-bond acceptors (Lipinski definition) is 4. The summed E-state index contributed by atoms with van der Waals surface area (Å²) in [6.07, 6.45) is -3.73. The molecule has 1 unspecified atom stereocenters. The van der Waals surface area contributed by atoms with Gasteiger partial charge in [-0.15, -0.1) is 0 Å². The van der Waals surface area contributed by atoms with Gasteiger partial charge >= 0.3 is 6.18 Å². The van der Waals surface area contributed by atoms with Gasteiger partial charge in [-0.3, -0.25) is 14.7 Å². The number of likely N-dealkylation sites (N-methyl/N-ethyl adjacent to an activating group) is 1. The third kappa shape index (κ3) is 3.31. The molecular weight excluding hydrogens is 401 g/mol. The number of nitrogens with one attached hydrogen (secondary N) is 1. The van der Waals surface area contributed by atoms with Crippen LogP contribution in [0.2, 0.25) is 0 Å². The Hall–Kier alpha value is -3.30. The number of aromatic nitrogens is 3. The normalized spacial score (nSPS) is 17.7. The van der Waals surface area contributed by atoms with Crippen molar-refractivity contribution in [2.45, 2.75) is 32.0 Å². The molecule has 0 bridgehead atoms. The van der Waals surface area contributed by atoms with Gasteiger partial charge in [0.15, 0.2) is 5.65 Å². The summed E-state index contributed by atoms with van der Waals surface area (Å²) in [6.45, 7) is 1.84. The number of H-pyrrole nitrogens is 1. The molecule has 158 valence electrons. The zero-order chi connectivity index (χ0) is 21.8. The topological polar surface area (TPSA) is 91.2 Å². The molecule has 4 rings (SSSR count). The van der Waals surface area contributed by atoms with E-state index in [1.807, 2.05) is 0 Å². The molecule has 1 fully saturated rings. The zero-order valence-corrected chi connectivity index (χ0v) is 16.2. The molecule has 3 heterocycles. The lowest BCUT2D eigenvalue weighted by molar-refractivity contribution is -0.137. The van der Waals surface area contributed by atoms with E-state index in [1.54, 1.807) is 11.9 Å². The molecule has 1 aliphatic rings. The Morgan fingerprint density at radius 1 is 1.23 bits per heavy atom. The van der Waals surface area contributed by atoms with Crippen LogP contribution in [0.3, 0.4) is 0 Å². The Bertz CT molecular complexity index is 1190. The standard InChI is InChI=1S/C20H19F3N4O3/c1-10-7-11(20(21,22)23)8-15(28)17(10)14-5-4-13-18(24-14)25-27(19(13)30)12-3-6-16(29)26(2)9-12/h4-5,7-8,12,28H,3,6,9H2,1-2H3,(H,24,25). The van der Waals surface area contributed by atoms with Gasteiger partial charge in [0, 0.05) is 25.6 Å². The highest BCUT2D eigenvalue weighted by atomic mass is 19.4. The van der Waals surface area contributed by atoms with Crippen molar-refractivity contribution in [3.63, 3.8) is 0 Å². The molecule has 30 heavy (non-hydrogen) atoms. The maximum Gasteiger partial charge on any atom is 0.416 e. The van der Waals surface area contributed by atoms with Crippen LogP contribution in [0.25, 0.3) is 22.3 Å². The predicted octanol–water partition coefficient (Wildman–Crippen LogP) is 3.22. The van der Waals surface area contributed by atoms with Crippen molar-refractivity contribution in [3.8, 4) is 17.0 Å². The first-order chi connectivity index (χ1) is 14.1. The fourth-order valence-corrected chi connectivity index (χ4v) is 3.87. The Morgan fingerprint density at radius 3 is 2.60 bits per heavy atom. The maximum atomic E-state index is 13.0. The van der Waals surface area contributed by atoms with E-state index in [-0.39, 0.29) is 40.0 Å². The van der Waals surface area contributed by atoms with Crippen molar-refractivity contribution in [2.75, 3.05) is 13.6 Å². The number of pyridine rings is 1. The number of hydrogen-bond donors (Lipinski definition) is 2.